The lowest BCUT2D eigenvalue weighted by atomic mass is 10.2. The molecule has 1 saturated heterocycles. The molecule has 1 aromatic heterocycles. The zero-order valence-corrected chi connectivity index (χ0v) is 9.36. The number of anilines is 1. The summed E-state index contributed by atoms with van der Waals surface area (Å²) in [6.45, 7) is 1.68. The van der Waals surface area contributed by atoms with Crippen molar-refractivity contribution < 1.29 is 4.79 Å². The maximum atomic E-state index is 11.8. The SMILES string of the molecule is Cn1ncc(C(=O)NCC2CCCN2)c1N. The van der Waals surface area contributed by atoms with Crippen LogP contribution in [0.1, 0.15) is 23.2 Å². The van der Waals surface area contributed by atoms with Crippen LogP contribution in [0.5, 0.6) is 0 Å². The van der Waals surface area contributed by atoms with Gasteiger partial charge >= 0.3 is 0 Å². The summed E-state index contributed by atoms with van der Waals surface area (Å²) in [5.74, 6) is 0.246. The van der Waals surface area contributed by atoms with E-state index in [9.17, 15) is 4.79 Å². The van der Waals surface area contributed by atoms with Crippen LogP contribution in [0.4, 0.5) is 5.82 Å². The van der Waals surface area contributed by atoms with E-state index in [-0.39, 0.29) is 5.91 Å². The van der Waals surface area contributed by atoms with Gasteiger partial charge in [0.25, 0.3) is 5.91 Å². The van der Waals surface area contributed by atoms with Crippen LogP contribution in [0, 0.1) is 0 Å². The number of carbonyl (C=O) groups is 1. The molecule has 2 rings (SSSR count). The molecule has 88 valence electrons. The normalized spacial score (nSPS) is 19.9. The molecule has 0 spiro atoms. The summed E-state index contributed by atoms with van der Waals surface area (Å²) in [4.78, 5) is 11.8. The van der Waals surface area contributed by atoms with Crippen molar-refractivity contribution in [3.8, 4) is 0 Å². The van der Waals surface area contributed by atoms with E-state index in [1.807, 2.05) is 0 Å². The number of nitrogens with one attached hydrogen (secondary N) is 2. The Morgan fingerprint density at radius 2 is 2.62 bits per heavy atom. The van der Waals surface area contributed by atoms with E-state index in [0.29, 0.717) is 24.0 Å². The molecule has 0 bridgehead atoms. The molecule has 6 heteroatoms. The number of nitrogens with two attached hydrogens (primary N) is 1. The molecule has 0 saturated carbocycles. The standard InChI is InChI=1S/C10H17N5O/c1-15-9(11)8(6-14-15)10(16)13-5-7-3-2-4-12-7/h6-7,12H,2-5,11H2,1H3,(H,13,16). The Labute approximate surface area is 94.2 Å². The molecule has 1 atom stereocenters. The smallest absolute Gasteiger partial charge is 0.256 e. The number of nitrogens with zero attached hydrogens (tertiary/aromatic N) is 2. The van der Waals surface area contributed by atoms with Crippen LogP contribution < -0.4 is 16.4 Å². The fraction of sp³-hybridized carbons (Fsp3) is 0.600. The van der Waals surface area contributed by atoms with E-state index >= 15 is 0 Å². The third kappa shape index (κ3) is 2.16. The summed E-state index contributed by atoms with van der Waals surface area (Å²) in [6, 6.07) is 0.391. The minimum Gasteiger partial charge on any atom is -0.383 e. The first-order valence-corrected chi connectivity index (χ1v) is 5.47. The van der Waals surface area contributed by atoms with Gasteiger partial charge in [0.15, 0.2) is 0 Å². The molecule has 0 radical (unpaired) electrons. The summed E-state index contributed by atoms with van der Waals surface area (Å²) >= 11 is 0. The van der Waals surface area contributed by atoms with Gasteiger partial charge in [-0.25, -0.2) is 0 Å². The predicted octanol–water partition coefficient (Wildman–Crippen LogP) is -0.516. The lowest BCUT2D eigenvalue weighted by molar-refractivity contribution is 0.0951. The van der Waals surface area contributed by atoms with Crippen molar-refractivity contribution >= 4 is 11.7 Å². The van der Waals surface area contributed by atoms with E-state index in [1.54, 1.807) is 7.05 Å². The van der Waals surface area contributed by atoms with Crippen LogP contribution in [0.25, 0.3) is 0 Å². The third-order valence-corrected chi connectivity index (χ3v) is 2.90. The predicted molar refractivity (Wildman–Crippen MR) is 61.0 cm³/mol. The van der Waals surface area contributed by atoms with E-state index < -0.39 is 0 Å². The fourth-order valence-electron chi connectivity index (χ4n) is 1.86. The second-order valence-electron chi connectivity index (χ2n) is 4.07. The molecule has 1 aliphatic rings. The molecule has 6 nitrogen and oxygen atoms in total. The highest BCUT2D eigenvalue weighted by Crippen LogP contribution is 2.09. The van der Waals surface area contributed by atoms with Crippen molar-refractivity contribution in [2.45, 2.75) is 18.9 Å². The third-order valence-electron chi connectivity index (χ3n) is 2.90. The van der Waals surface area contributed by atoms with Crippen molar-refractivity contribution in [1.29, 1.82) is 0 Å². The van der Waals surface area contributed by atoms with Crippen LogP contribution in [-0.2, 0) is 7.05 Å². The molecular formula is C10H17N5O. The summed E-state index contributed by atoms with van der Waals surface area (Å²) < 4.78 is 1.49. The topological polar surface area (TPSA) is 85.0 Å². The maximum absolute atomic E-state index is 11.8. The van der Waals surface area contributed by atoms with Gasteiger partial charge in [0, 0.05) is 19.6 Å². The highest BCUT2D eigenvalue weighted by Gasteiger charge is 2.17. The Morgan fingerprint density at radius 1 is 1.81 bits per heavy atom. The van der Waals surface area contributed by atoms with Gasteiger partial charge in [0.05, 0.1) is 6.20 Å². The molecule has 1 amide bonds. The minimum atomic E-state index is -0.153. The maximum Gasteiger partial charge on any atom is 0.256 e. The lowest BCUT2D eigenvalue weighted by Crippen LogP contribution is -2.37. The van der Waals surface area contributed by atoms with Crippen molar-refractivity contribution in [2.75, 3.05) is 18.8 Å². The van der Waals surface area contributed by atoms with Crippen molar-refractivity contribution in [3.63, 3.8) is 0 Å². The van der Waals surface area contributed by atoms with Gasteiger partial charge in [-0.15, -0.1) is 0 Å². The molecule has 1 aromatic rings. The van der Waals surface area contributed by atoms with Crippen LogP contribution in [0.2, 0.25) is 0 Å². The Hall–Kier alpha value is -1.56. The number of rotatable bonds is 3. The van der Waals surface area contributed by atoms with Crippen molar-refractivity contribution in [3.05, 3.63) is 11.8 Å². The van der Waals surface area contributed by atoms with Crippen LogP contribution in [-0.4, -0.2) is 34.8 Å². The summed E-state index contributed by atoms with van der Waals surface area (Å²) in [6.07, 6.45) is 3.78. The van der Waals surface area contributed by atoms with Gasteiger partial charge in [-0.2, -0.15) is 5.10 Å². The number of amides is 1. The monoisotopic (exact) mass is 223 g/mol. The van der Waals surface area contributed by atoms with Gasteiger partial charge in [-0.1, -0.05) is 0 Å². The molecule has 1 unspecified atom stereocenters. The minimum absolute atomic E-state index is 0.153. The van der Waals surface area contributed by atoms with Gasteiger partial charge < -0.3 is 16.4 Å². The molecule has 16 heavy (non-hydrogen) atoms. The lowest BCUT2D eigenvalue weighted by Gasteiger charge is -2.10. The highest BCUT2D eigenvalue weighted by atomic mass is 16.1. The number of hydrogen-bond donors (Lipinski definition) is 3. The van der Waals surface area contributed by atoms with Gasteiger partial charge in [0.2, 0.25) is 0 Å². The number of hydrogen-bond acceptors (Lipinski definition) is 4. The Morgan fingerprint density at radius 3 is 3.19 bits per heavy atom. The zero-order valence-electron chi connectivity index (χ0n) is 9.36. The molecule has 1 aliphatic heterocycles. The molecule has 0 aliphatic carbocycles. The first kappa shape index (κ1) is 10.9. The molecule has 4 N–H and O–H groups in total. The largest absolute Gasteiger partial charge is 0.383 e. The molecule has 1 fully saturated rings. The Balaban J connectivity index is 1.90. The first-order chi connectivity index (χ1) is 7.68. The second-order valence-corrected chi connectivity index (χ2v) is 4.07. The van der Waals surface area contributed by atoms with E-state index in [0.717, 1.165) is 13.0 Å². The Kier molecular flexibility index (Phi) is 3.09. The molecule has 2 heterocycles. The van der Waals surface area contributed by atoms with Crippen LogP contribution >= 0.6 is 0 Å². The molecule has 0 aromatic carbocycles. The van der Waals surface area contributed by atoms with Crippen LogP contribution in [0.15, 0.2) is 6.20 Å². The first-order valence-electron chi connectivity index (χ1n) is 5.47. The number of carbonyl (C=O) groups excluding carboxylic acids is 1. The molecular weight excluding hydrogens is 206 g/mol. The van der Waals surface area contributed by atoms with E-state index in [1.165, 1.54) is 17.3 Å². The number of nitrogen functional groups attached to an aromatic ring is 1. The summed E-state index contributed by atoms with van der Waals surface area (Å²) in [5.41, 5.74) is 6.16. The zero-order chi connectivity index (χ0) is 11.5. The van der Waals surface area contributed by atoms with Gasteiger partial charge in [-0.3, -0.25) is 9.48 Å². The highest BCUT2D eigenvalue weighted by molar-refractivity contribution is 5.98. The van der Waals surface area contributed by atoms with Gasteiger partial charge in [0.1, 0.15) is 11.4 Å². The Bertz CT molecular complexity index is 381. The van der Waals surface area contributed by atoms with Crippen molar-refractivity contribution in [2.24, 2.45) is 7.05 Å². The summed E-state index contributed by atoms with van der Waals surface area (Å²) in [5, 5.41) is 10.1. The summed E-state index contributed by atoms with van der Waals surface area (Å²) in [7, 11) is 1.71. The van der Waals surface area contributed by atoms with Crippen molar-refractivity contribution in [1.82, 2.24) is 20.4 Å². The average molecular weight is 223 g/mol. The van der Waals surface area contributed by atoms with Gasteiger partial charge in [-0.05, 0) is 19.4 Å². The quantitative estimate of drug-likeness (QED) is 0.644. The van der Waals surface area contributed by atoms with E-state index in [2.05, 4.69) is 15.7 Å². The fourth-order valence-corrected chi connectivity index (χ4v) is 1.86. The number of aromatic nitrogens is 2. The van der Waals surface area contributed by atoms with Crippen LogP contribution in [0.3, 0.4) is 0 Å². The second kappa shape index (κ2) is 4.52. The van der Waals surface area contributed by atoms with E-state index in [4.69, 9.17) is 5.73 Å². The average Bonchev–Trinajstić information content (AvgIpc) is 2.88. The number of aryl methyl sites for hydroxylation is 1.